The number of carbonyl (C=O) groups excluding carboxylic acids is 1. The van der Waals surface area contributed by atoms with Crippen LogP contribution in [-0.4, -0.2) is 22.0 Å². The van der Waals surface area contributed by atoms with Gasteiger partial charge in [-0.05, 0) is 33.6 Å². The van der Waals surface area contributed by atoms with E-state index in [9.17, 15) is 14.7 Å². The van der Waals surface area contributed by atoms with Gasteiger partial charge in [-0.3, -0.25) is 4.79 Å². The van der Waals surface area contributed by atoms with Crippen LogP contribution in [0.15, 0.2) is 53.1 Å². The highest BCUT2D eigenvalue weighted by Crippen LogP contribution is 2.14. The maximum Gasteiger partial charge on any atom is 0.330 e. The molecule has 1 aromatic heterocycles. The van der Waals surface area contributed by atoms with E-state index >= 15 is 0 Å². The molecule has 102 valence electrons. The van der Waals surface area contributed by atoms with Crippen LogP contribution in [-0.2, 0) is 4.79 Å². The third-order valence-electron chi connectivity index (χ3n) is 2.60. The van der Waals surface area contributed by atoms with Crippen molar-refractivity contribution in [2.45, 2.75) is 6.04 Å². The van der Waals surface area contributed by atoms with Crippen LogP contribution in [0.1, 0.15) is 22.1 Å². The Kier molecular flexibility index (Phi) is 4.47. The number of aliphatic carboxylic acids is 1. The van der Waals surface area contributed by atoms with E-state index in [0.717, 1.165) is 0 Å². The average Bonchev–Trinajstić information content (AvgIpc) is 2.45. The minimum absolute atomic E-state index is 0.154. The van der Waals surface area contributed by atoms with Gasteiger partial charge in [0, 0.05) is 0 Å². The molecule has 0 aliphatic carbocycles. The van der Waals surface area contributed by atoms with E-state index in [-0.39, 0.29) is 5.69 Å². The number of rotatable bonds is 4. The largest absolute Gasteiger partial charge is 0.479 e. The van der Waals surface area contributed by atoms with Gasteiger partial charge in [0.25, 0.3) is 5.91 Å². The van der Waals surface area contributed by atoms with E-state index in [1.165, 1.54) is 6.07 Å². The normalized spacial score (nSPS) is 11.7. The van der Waals surface area contributed by atoms with Crippen molar-refractivity contribution < 1.29 is 14.7 Å². The number of aromatic nitrogens is 1. The monoisotopic (exact) mass is 334 g/mol. The molecular weight excluding hydrogens is 324 g/mol. The van der Waals surface area contributed by atoms with Crippen molar-refractivity contribution in [3.8, 4) is 0 Å². The summed E-state index contributed by atoms with van der Waals surface area (Å²) in [7, 11) is 0. The summed E-state index contributed by atoms with van der Waals surface area (Å²) in [5, 5.41) is 11.7. The lowest BCUT2D eigenvalue weighted by molar-refractivity contribution is -0.139. The second kappa shape index (κ2) is 6.29. The lowest BCUT2D eigenvalue weighted by Gasteiger charge is -2.14. The minimum Gasteiger partial charge on any atom is -0.479 e. The van der Waals surface area contributed by atoms with Gasteiger partial charge in [-0.1, -0.05) is 36.4 Å². The second-order valence-corrected chi connectivity index (χ2v) is 4.81. The molecule has 0 aliphatic rings. The minimum atomic E-state index is -1.13. The number of hydrogen-bond acceptors (Lipinski definition) is 3. The van der Waals surface area contributed by atoms with E-state index in [1.807, 2.05) is 0 Å². The van der Waals surface area contributed by atoms with Crippen molar-refractivity contribution in [3.05, 3.63) is 64.4 Å². The predicted octanol–water partition coefficient (Wildman–Crippen LogP) is 2.40. The number of amides is 1. The molecule has 2 rings (SSSR count). The maximum atomic E-state index is 12.0. The standard InChI is InChI=1S/C14H11BrN2O3/c15-11-8-4-7-10(16-11)13(18)17-12(14(19)20)9-5-2-1-3-6-9/h1-8,12H,(H,17,18)(H,19,20). The van der Waals surface area contributed by atoms with Crippen LogP contribution in [0.3, 0.4) is 0 Å². The summed E-state index contributed by atoms with van der Waals surface area (Å²) < 4.78 is 0.511. The molecule has 0 spiro atoms. The first-order valence-electron chi connectivity index (χ1n) is 5.79. The van der Waals surface area contributed by atoms with E-state index in [0.29, 0.717) is 10.2 Å². The summed E-state index contributed by atoms with van der Waals surface area (Å²) in [6, 6.07) is 12.3. The highest BCUT2D eigenvalue weighted by atomic mass is 79.9. The van der Waals surface area contributed by atoms with Crippen molar-refractivity contribution in [1.82, 2.24) is 10.3 Å². The average molecular weight is 335 g/mol. The maximum absolute atomic E-state index is 12.0. The molecule has 1 amide bonds. The number of pyridine rings is 1. The number of carboxylic acids is 1. The smallest absolute Gasteiger partial charge is 0.330 e. The zero-order chi connectivity index (χ0) is 14.5. The summed E-state index contributed by atoms with van der Waals surface area (Å²) in [5.41, 5.74) is 0.657. The highest BCUT2D eigenvalue weighted by molar-refractivity contribution is 9.10. The summed E-state index contributed by atoms with van der Waals surface area (Å²) in [5.74, 6) is -1.66. The zero-order valence-corrected chi connectivity index (χ0v) is 11.9. The van der Waals surface area contributed by atoms with Crippen LogP contribution in [0.25, 0.3) is 0 Å². The van der Waals surface area contributed by atoms with Crippen LogP contribution < -0.4 is 5.32 Å². The van der Waals surface area contributed by atoms with Crippen LogP contribution in [0.4, 0.5) is 0 Å². The number of carbonyl (C=O) groups is 2. The molecule has 0 saturated heterocycles. The van der Waals surface area contributed by atoms with Gasteiger partial charge >= 0.3 is 5.97 Å². The number of hydrogen-bond donors (Lipinski definition) is 2. The van der Waals surface area contributed by atoms with Gasteiger partial charge in [-0.15, -0.1) is 0 Å². The summed E-state index contributed by atoms with van der Waals surface area (Å²) in [4.78, 5) is 27.3. The number of nitrogens with one attached hydrogen (secondary N) is 1. The van der Waals surface area contributed by atoms with Gasteiger partial charge in [0.2, 0.25) is 0 Å². The summed E-state index contributed by atoms with van der Waals surface area (Å²) in [6.45, 7) is 0. The Bertz CT molecular complexity index is 631. The number of carboxylic acid groups (broad SMARTS) is 1. The molecule has 1 aromatic carbocycles. The molecule has 1 heterocycles. The molecule has 0 radical (unpaired) electrons. The number of benzene rings is 1. The molecule has 0 fully saturated rings. The van der Waals surface area contributed by atoms with Gasteiger partial charge in [-0.25, -0.2) is 9.78 Å². The topological polar surface area (TPSA) is 79.3 Å². The Labute approximate surface area is 123 Å². The molecular formula is C14H11BrN2O3. The Morgan fingerprint density at radius 1 is 1.10 bits per heavy atom. The molecule has 5 nitrogen and oxygen atoms in total. The third-order valence-corrected chi connectivity index (χ3v) is 3.04. The molecule has 1 unspecified atom stereocenters. The van der Waals surface area contributed by atoms with Crippen LogP contribution in [0.5, 0.6) is 0 Å². The zero-order valence-electron chi connectivity index (χ0n) is 10.3. The SMILES string of the molecule is O=C(NC(C(=O)O)c1ccccc1)c1cccc(Br)n1. The first kappa shape index (κ1) is 14.2. The number of halogens is 1. The van der Waals surface area contributed by atoms with Crippen molar-refractivity contribution in [2.75, 3.05) is 0 Å². The van der Waals surface area contributed by atoms with E-state index in [1.54, 1.807) is 42.5 Å². The second-order valence-electron chi connectivity index (χ2n) is 4.00. The van der Waals surface area contributed by atoms with Crippen LogP contribution in [0.2, 0.25) is 0 Å². The van der Waals surface area contributed by atoms with E-state index in [4.69, 9.17) is 0 Å². The van der Waals surface area contributed by atoms with E-state index < -0.39 is 17.9 Å². The first-order valence-corrected chi connectivity index (χ1v) is 6.58. The summed E-state index contributed by atoms with van der Waals surface area (Å²) in [6.07, 6.45) is 0. The molecule has 2 N–H and O–H groups in total. The molecule has 0 saturated carbocycles. The predicted molar refractivity (Wildman–Crippen MR) is 76.2 cm³/mol. The van der Waals surface area contributed by atoms with Gasteiger partial charge in [-0.2, -0.15) is 0 Å². The molecule has 1 atom stereocenters. The van der Waals surface area contributed by atoms with Gasteiger partial charge in [0.15, 0.2) is 6.04 Å². The van der Waals surface area contributed by atoms with Crippen molar-refractivity contribution in [1.29, 1.82) is 0 Å². The van der Waals surface area contributed by atoms with E-state index in [2.05, 4.69) is 26.2 Å². The lowest BCUT2D eigenvalue weighted by Crippen LogP contribution is -2.34. The first-order chi connectivity index (χ1) is 9.58. The molecule has 20 heavy (non-hydrogen) atoms. The Hall–Kier alpha value is -2.21. The van der Waals surface area contributed by atoms with Crippen molar-refractivity contribution in [2.24, 2.45) is 0 Å². The quantitative estimate of drug-likeness (QED) is 0.841. The van der Waals surface area contributed by atoms with Crippen LogP contribution in [0, 0.1) is 0 Å². The summed E-state index contributed by atoms with van der Waals surface area (Å²) >= 11 is 3.16. The van der Waals surface area contributed by atoms with Crippen LogP contribution >= 0.6 is 15.9 Å². The lowest BCUT2D eigenvalue weighted by atomic mass is 10.1. The van der Waals surface area contributed by atoms with Crippen molar-refractivity contribution >= 4 is 27.8 Å². The molecule has 2 aromatic rings. The fourth-order valence-electron chi connectivity index (χ4n) is 1.67. The molecule has 6 heteroatoms. The van der Waals surface area contributed by atoms with Gasteiger partial charge < -0.3 is 10.4 Å². The van der Waals surface area contributed by atoms with Gasteiger partial charge in [0.05, 0.1) is 0 Å². The number of nitrogens with zero attached hydrogens (tertiary/aromatic N) is 1. The Balaban J connectivity index is 2.21. The Morgan fingerprint density at radius 3 is 2.40 bits per heavy atom. The fourth-order valence-corrected chi connectivity index (χ4v) is 2.02. The highest BCUT2D eigenvalue weighted by Gasteiger charge is 2.22. The van der Waals surface area contributed by atoms with Crippen molar-refractivity contribution in [3.63, 3.8) is 0 Å². The Morgan fingerprint density at radius 2 is 1.80 bits per heavy atom. The molecule has 0 bridgehead atoms. The fraction of sp³-hybridized carbons (Fsp3) is 0.0714. The third kappa shape index (κ3) is 3.42. The molecule has 0 aliphatic heterocycles. The van der Waals surface area contributed by atoms with Gasteiger partial charge in [0.1, 0.15) is 10.3 Å².